The summed E-state index contributed by atoms with van der Waals surface area (Å²) in [4.78, 5) is 16.2. The van der Waals surface area contributed by atoms with Gasteiger partial charge in [0.05, 0.1) is 5.41 Å². The quantitative estimate of drug-likeness (QED) is 0.818. The predicted molar refractivity (Wildman–Crippen MR) is 69.8 cm³/mol. The van der Waals surface area contributed by atoms with E-state index in [1.165, 1.54) is 12.8 Å². The second-order valence-electron chi connectivity index (χ2n) is 6.09. The first-order chi connectivity index (χ1) is 9.20. The van der Waals surface area contributed by atoms with Crippen LogP contribution in [-0.2, 0) is 11.2 Å². The smallest absolute Gasteiger partial charge is 0.310 e. The summed E-state index contributed by atoms with van der Waals surface area (Å²) < 4.78 is 0. The molecule has 0 saturated heterocycles. The van der Waals surface area contributed by atoms with Crippen LogP contribution in [0.25, 0.3) is 0 Å². The topological polar surface area (TPSA) is 78.9 Å². The van der Waals surface area contributed by atoms with Gasteiger partial charge in [0.15, 0.2) is 5.82 Å². The maximum Gasteiger partial charge on any atom is 0.310 e. The second-order valence-corrected chi connectivity index (χ2v) is 6.09. The minimum absolute atomic E-state index is 0.502. The molecule has 2 N–H and O–H groups in total. The van der Waals surface area contributed by atoms with Crippen molar-refractivity contribution in [2.24, 2.45) is 5.41 Å². The molecular formula is C14H21N3O2. The molecule has 0 aliphatic heterocycles. The number of hydrogen-bond acceptors (Lipinski definition) is 3. The molecule has 5 heteroatoms. The lowest BCUT2D eigenvalue weighted by molar-refractivity contribution is -0.150. The van der Waals surface area contributed by atoms with Gasteiger partial charge in [-0.2, -0.15) is 5.10 Å². The Bertz CT molecular complexity index is 457. The molecule has 19 heavy (non-hydrogen) atoms. The Morgan fingerprint density at radius 3 is 2.53 bits per heavy atom. The van der Waals surface area contributed by atoms with Crippen LogP contribution in [0.3, 0.4) is 0 Å². The average molecular weight is 263 g/mol. The highest BCUT2D eigenvalue weighted by Crippen LogP contribution is 2.40. The van der Waals surface area contributed by atoms with Crippen LogP contribution in [0.1, 0.15) is 68.9 Å². The average Bonchev–Trinajstić information content (AvgIpc) is 3.16. The molecule has 0 amide bonds. The van der Waals surface area contributed by atoms with E-state index in [1.807, 2.05) is 0 Å². The number of H-pyrrole nitrogens is 1. The van der Waals surface area contributed by atoms with Crippen LogP contribution in [0, 0.1) is 5.41 Å². The van der Waals surface area contributed by atoms with Crippen molar-refractivity contribution in [3.05, 3.63) is 11.6 Å². The van der Waals surface area contributed by atoms with Crippen LogP contribution in [-0.4, -0.2) is 26.3 Å². The Kier molecular flexibility index (Phi) is 3.29. The molecule has 0 atom stereocenters. The number of nitrogens with zero attached hydrogens (tertiary/aromatic N) is 2. The Morgan fingerprint density at radius 2 is 1.95 bits per heavy atom. The van der Waals surface area contributed by atoms with E-state index in [1.54, 1.807) is 0 Å². The van der Waals surface area contributed by atoms with Crippen LogP contribution >= 0.6 is 0 Å². The molecule has 2 fully saturated rings. The minimum Gasteiger partial charge on any atom is -0.481 e. The van der Waals surface area contributed by atoms with E-state index in [2.05, 4.69) is 15.2 Å². The predicted octanol–water partition coefficient (Wildman–Crippen LogP) is 2.65. The van der Waals surface area contributed by atoms with E-state index < -0.39 is 11.4 Å². The monoisotopic (exact) mass is 263 g/mol. The summed E-state index contributed by atoms with van der Waals surface area (Å²) in [5.74, 6) is 1.48. The number of aromatic nitrogens is 3. The zero-order valence-electron chi connectivity index (χ0n) is 11.2. The van der Waals surface area contributed by atoms with E-state index >= 15 is 0 Å². The van der Waals surface area contributed by atoms with Crippen molar-refractivity contribution in [1.82, 2.24) is 15.2 Å². The van der Waals surface area contributed by atoms with Crippen molar-refractivity contribution in [3.8, 4) is 0 Å². The zero-order valence-corrected chi connectivity index (χ0v) is 11.2. The molecule has 1 aromatic rings. The standard InChI is InChI=1S/C14H21N3O2/c18-13(19)14(7-3-1-2-4-8-14)9-11-15-12(17-16-11)10-5-6-10/h10H,1-9H2,(H,18,19)(H,15,16,17). The van der Waals surface area contributed by atoms with Gasteiger partial charge in [-0.15, -0.1) is 0 Å². The number of carbonyl (C=O) groups is 1. The second kappa shape index (κ2) is 4.94. The number of rotatable bonds is 4. The first-order valence-corrected chi connectivity index (χ1v) is 7.34. The molecule has 0 bridgehead atoms. The molecule has 2 saturated carbocycles. The maximum absolute atomic E-state index is 11.7. The van der Waals surface area contributed by atoms with Gasteiger partial charge in [-0.25, -0.2) is 4.98 Å². The minimum atomic E-state index is -0.668. The highest BCUT2D eigenvalue weighted by Gasteiger charge is 2.40. The SMILES string of the molecule is O=C(O)C1(Cc2nc(C3CC3)n[nH]2)CCCCCC1. The van der Waals surface area contributed by atoms with Crippen LogP contribution in [0.5, 0.6) is 0 Å². The van der Waals surface area contributed by atoms with Gasteiger partial charge in [-0.1, -0.05) is 25.7 Å². The Balaban J connectivity index is 1.77. The van der Waals surface area contributed by atoms with Crippen LogP contribution in [0.15, 0.2) is 0 Å². The first-order valence-electron chi connectivity index (χ1n) is 7.34. The molecule has 0 radical (unpaired) electrons. The molecule has 0 unspecified atom stereocenters. The van der Waals surface area contributed by atoms with Gasteiger partial charge < -0.3 is 5.11 Å². The molecule has 1 aromatic heterocycles. The van der Waals surface area contributed by atoms with Crippen molar-refractivity contribution >= 4 is 5.97 Å². The van der Waals surface area contributed by atoms with Crippen molar-refractivity contribution in [2.45, 2.75) is 63.7 Å². The fraction of sp³-hybridized carbons (Fsp3) is 0.786. The summed E-state index contributed by atoms with van der Waals surface area (Å²) in [5.41, 5.74) is -0.628. The zero-order chi connectivity index (χ0) is 13.3. The lowest BCUT2D eigenvalue weighted by Gasteiger charge is -2.26. The summed E-state index contributed by atoms with van der Waals surface area (Å²) in [7, 11) is 0. The summed E-state index contributed by atoms with van der Waals surface area (Å²) >= 11 is 0. The van der Waals surface area contributed by atoms with Crippen molar-refractivity contribution in [2.75, 3.05) is 0 Å². The molecule has 3 rings (SSSR count). The van der Waals surface area contributed by atoms with Crippen LogP contribution < -0.4 is 0 Å². The fourth-order valence-electron chi connectivity index (χ4n) is 3.11. The molecule has 104 valence electrons. The first kappa shape index (κ1) is 12.6. The van der Waals surface area contributed by atoms with E-state index in [0.717, 1.165) is 50.2 Å². The van der Waals surface area contributed by atoms with Gasteiger partial charge >= 0.3 is 5.97 Å². The van der Waals surface area contributed by atoms with Gasteiger partial charge in [0, 0.05) is 12.3 Å². The molecule has 2 aliphatic rings. The summed E-state index contributed by atoms with van der Waals surface area (Å²) in [6.07, 6.45) is 8.69. The highest BCUT2D eigenvalue weighted by atomic mass is 16.4. The van der Waals surface area contributed by atoms with Crippen molar-refractivity contribution in [1.29, 1.82) is 0 Å². The number of aromatic amines is 1. The van der Waals surface area contributed by atoms with Gasteiger partial charge in [0.2, 0.25) is 0 Å². The lowest BCUT2D eigenvalue weighted by Crippen LogP contribution is -2.33. The number of aliphatic carboxylic acids is 1. The summed E-state index contributed by atoms with van der Waals surface area (Å²) in [6.45, 7) is 0. The summed E-state index contributed by atoms with van der Waals surface area (Å²) in [5, 5.41) is 16.8. The van der Waals surface area contributed by atoms with Crippen LogP contribution in [0.4, 0.5) is 0 Å². The van der Waals surface area contributed by atoms with E-state index in [-0.39, 0.29) is 0 Å². The highest BCUT2D eigenvalue weighted by molar-refractivity contribution is 5.75. The molecule has 1 heterocycles. The Labute approximate surface area is 112 Å². The molecule has 0 aromatic carbocycles. The third kappa shape index (κ3) is 2.65. The maximum atomic E-state index is 11.7. The largest absolute Gasteiger partial charge is 0.481 e. The number of hydrogen-bond donors (Lipinski definition) is 2. The van der Waals surface area contributed by atoms with Crippen LogP contribution in [0.2, 0.25) is 0 Å². The van der Waals surface area contributed by atoms with E-state index in [0.29, 0.717) is 12.3 Å². The Hall–Kier alpha value is -1.39. The van der Waals surface area contributed by atoms with Crippen molar-refractivity contribution < 1.29 is 9.90 Å². The van der Waals surface area contributed by atoms with Crippen molar-refractivity contribution in [3.63, 3.8) is 0 Å². The lowest BCUT2D eigenvalue weighted by atomic mass is 9.77. The van der Waals surface area contributed by atoms with E-state index in [9.17, 15) is 9.90 Å². The van der Waals surface area contributed by atoms with Gasteiger partial charge in [-0.05, 0) is 25.7 Å². The molecule has 5 nitrogen and oxygen atoms in total. The number of carboxylic acids is 1. The van der Waals surface area contributed by atoms with Gasteiger partial charge in [-0.3, -0.25) is 9.89 Å². The Morgan fingerprint density at radius 1 is 1.26 bits per heavy atom. The van der Waals surface area contributed by atoms with Gasteiger partial charge in [0.1, 0.15) is 5.82 Å². The number of nitrogens with one attached hydrogen (secondary N) is 1. The van der Waals surface area contributed by atoms with Gasteiger partial charge in [0.25, 0.3) is 0 Å². The number of carboxylic acid groups (broad SMARTS) is 1. The summed E-state index contributed by atoms with van der Waals surface area (Å²) in [6, 6.07) is 0. The molecular weight excluding hydrogens is 242 g/mol. The molecule has 2 aliphatic carbocycles. The van der Waals surface area contributed by atoms with E-state index in [4.69, 9.17) is 0 Å². The third-order valence-electron chi connectivity index (χ3n) is 4.51. The third-order valence-corrected chi connectivity index (χ3v) is 4.51. The molecule has 0 spiro atoms. The fourth-order valence-corrected chi connectivity index (χ4v) is 3.11. The normalized spacial score (nSPS) is 22.9.